The molecule has 0 spiro atoms. The lowest BCUT2D eigenvalue weighted by Gasteiger charge is -2.36. The van der Waals surface area contributed by atoms with E-state index in [4.69, 9.17) is 23.8 Å². The predicted molar refractivity (Wildman–Crippen MR) is 132 cm³/mol. The molecule has 4 rings (SSSR count). The molecule has 1 aromatic heterocycles. The first kappa shape index (κ1) is 23.6. The molecule has 0 saturated carbocycles. The molecule has 1 aliphatic rings. The first-order chi connectivity index (χ1) is 15.8. The van der Waals surface area contributed by atoms with Crippen molar-refractivity contribution < 1.29 is 8.78 Å². The van der Waals surface area contributed by atoms with E-state index >= 15 is 0 Å². The van der Waals surface area contributed by atoms with Gasteiger partial charge >= 0.3 is 0 Å². The number of aryl methyl sites for hydroxylation is 1. The van der Waals surface area contributed by atoms with Gasteiger partial charge in [-0.15, -0.1) is 0 Å². The van der Waals surface area contributed by atoms with E-state index in [2.05, 4.69) is 20.2 Å². The second kappa shape index (κ2) is 10.2. The molecular formula is C24H26ClF2N5S. The zero-order chi connectivity index (χ0) is 23.5. The molecule has 2 aromatic carbocycles. The van der Waals surface area contributed by atoms with Crippen LogP contribution in [0.1, 0.15) is 22.5 Å². The average molecular weight is 490 g/mol. The maximum Gasteiger partial charge on any atom is 0.173 e. The van der Waals surface area contributed by atoms with Crippen molar-refractivity contribution in [2.24, 2.45) is 0 Å². The Bertz CT molecular complexity index is 1140. The fourth-order valence-electron chi connectivity index (χ4n) is 4.03. The highest BCUT2D eigenvalue weighted by atomic mass is 35.5. The SMILES string of the molecule is Cc1nn(Cc2c(F)cccc2Cl)c(C)c1NC(=S)N1CCN(Cc2ccccc2F)CC1. The van der Waals surface area contributed by atoms with Gasteiger partial charge in [0.2, 0.25) is 0 Å². The Kier molecular flexibility index (Phi) is 7.26. The minimum atomic E-state index is -0.353. The summed E-state index contributed by atoms with van der Waals surface area (Å²) in [5, 5.41) is 8.88. The molecule has 0 amide bonds. The highest BCUT2D eigenvalue weighted by Gasteiger charge is 2.22. The van der Waals surface area contributed by atoms with E-state index in [0.717, 1.165) is 43.3 Å². The van der Waals surface area contributed by atoms with Gasteiger partial charge in [-0.2, -0.15) is 5.10 Å². The maximum absolute atomic E-state index is 14.2. The van der Waals surface area contributed by atoms with Gasteiger partial charge in [0.1, 0.15) is 11.6 Å². The number of hydrogen-bond donors (Lipinski definition) is 1. The largest absolute Gasteiger partial charge is 0.346 e. The number of anilines is 1. The van der Waals surface area contributed by atoms with Crippen molar-refractivity contribution in [2.75, 3.05) is 31.5 Å². The van der Waals surface area contributed by atoms with Crippen molar-refractivity contribution in [3.05, 3.63) is 81.6 Å². The Labute approximate surface area is 202 Å². The van der Waals surface area contributed by atoms with Crippen LogP contribution in [0.3, 0.4) is 0 Å². The summed E-state index contributed by atoms with van der Waals surface area (Å²) in [5.74, 6) is -0.523. The van der Waals surface area contributed by atoms with Crippen LogP contribution >= 0.6 is 23.8 Å². The van der Waals surface area contributed by atoms with Gasteiger partial charge in [-0.05, 0) is 44.3 Å². The van der Waals surface area contributed by atoms with Gasteiger partial charge in [0.15, 0.2) is 5.11 Å². The molecule has 9 heteroatoms. The summed E-state index contributed by atoms with van der Waals surface area (Å²) in [5.41, 5.74) is 3.57. The van der Waals surface area contributed by atoms with E-state index in [1.165, 1.54) is 12.1 Å². The summed E-state index contributed by atoms with van der Waals surface area (Å²) in [6, 6.07) is 11.5. The number of aromatic nitrogens is 2. The highest BCUT2D eigenvalue weighted by molar-refractivity contribution is 7.80. The minimum Gasteiger partial charge on any atom is -0.346 e. The lowest BCUT2D eigenvalue weighted by Crippen LogP contribution is -2.49. The number of benzene rings is 2. The molecule has 1 N–H and O–H groups in total. The van der Waals surface area contributed by atoms with E-state index in [9.17, 15) is 8.78 Å². The topological polar surface area (TPSA) is 36.3 Å². The van der Waals surface area contributed by atoms with E-state index in [-0.39, 0.29) is 18.2 Å². The Morgan fingerprint density at radius 1 is 1.00 bits per heavy atom. The molecule has 174 valence electrons. The molecule has 3 aromatic rings. The molecule has 2 heterocycles. The number of halogens is 3. The second-order valence-electron chi connectivity index (χ2n) is 8.19. The Hall–Kier alpha value is -2.55. The predicted octanol–water partition coefficient (Wildman–Crippen LogP) is 4.99. The van der Waals surface area contributed by atoms with Crippen LogP contribution in [0.5, 0.6) is 0 Å². The standard InChI is InChI=1S/C24H26ClF2N5S/c1-16-23(17(2)32(29-16)15-19-20(25)7-5-9-22(19)27)28-24(33)31-12-10-30(11-13-31)14-18-6-3-4-8-21(18)26/h3-9H,10-15H2,1-2H3,(H,28,33). The number of piperazine rings is 1. The smallest absolute Gasteiger partial charge is 0.173 e. The van der Waals surface area contributed by atoms with Crippen LogP contribution in [0.15, 0.2) is 42.5 Å². The van der Waals surface area contributed by atoms with Gasteiger partial charge in [-0.3, -0.25) is 9.58 Å². The summed E-state index contributed by atoms with van der Waals surface area (Å²) in [7, 11) is 0. The van der Waals surface area contributed by atoms with Crippen LogP contribution in [0, 0.1) is 25.5 Å². The zero-order valence-corrected chi connectivity index (χ0v) is 20.2. The Morgan fingerprint density at radius 3 is 2.39 bits per heavy atom. The van der Waals surface area contributed by atoms with Crippen molar-refractivity contribution in [2.45, 2.75) is 26.9 Å². The van der Waals surface area contributed by atoms with Crippen LogP contribution in [-0.2, 0) is 13.1 Å². The van der Waals surface area contributed by atoms with Crippen molar-refractivity contribution in [3.63, 3.8) is 0 Å². The summed E-state index contributed by atoms with van der Waals surface area (Å²) in [6.45, 7) is 7.72. The Morgan fingerprint density at radius 2 is 1.70 bits per heavy atom. The van der Waals surface area contributed by atoms with Gasteiger partial charge in [-0.25, -0.2) is 8.78 Å². The quantitative estimate of drug-likeness (QED) is 0.511. The van der Waals surface area contributed by atoms with E-state index in [1.807, 2.05) is 26.0 Å². The molecule has 0 atom stereocenters. The number of nitrogens with zero attached hydrogens (tertiary/aromatic N) is 4. The molecule has 1 aliphatic heterocycles. The van der Waals surface area contributed by atoms with Crippen LogP contribution in [0.25, 0.3) is 0 Å². The third kappa shape index (κ3) is 5.34. The molecule has 33 heavy (non-hydrogen) atoms. The third-order valence-electron chi connectivity index (χ3n) is 5.99. The fourth-order valence-corrected chi connectivity index (χ4v) is 4.53. The fraction of sp³-hybridized carbons (Fsp3) is 0.333. The minimum absolute atomic E-state index is 0.170. The summed E-state index contributed by atoms with van der Waals surface area (Å²) in [6.07, 6.45) is 0. The lowest BCUT2D eigenvalue weighted by molar-refractivity contribution is 0.175. The molecule has 5 nitrogen and oxygen atoms in total. The first-order valence-electron chi connectivity index (χ1n) is 10.8. The first-order valence-corrected chi connectivity index (χ1v) is 11.6. The third-order valence-corrected chi connectivity index (χ3v) is 6.71. The molecule has 0 bridgehead atoms. The molecular weight excluding hydrogens is 464 g/mol. The summed E-state index contributed by atoms with van der Waals surface area (Å²) < 4.78 is 29.9. The zero-order valence-electron chi connectivity index (χ0n) is 18.6. The van der Waals surface area contributed by atoms with Crippen molar-refractivity contribution in [1.82, 2.24) is 19.6 Å². The molecule has 1 saturated heterocycles. The van der Waals surface area contributed by atoms with Gasteiger partial charge < -0.3 is 10.2 Å². The van der Waals surface area contributed by atoms with Crippen LogP contribution in [0.2, 0.25) is 5.02 Å². The molecule has 0 unspecified atom stereocenters. The van der Waals surface area contributed by atoms with Gasteiger partial charge in [-0.1, -0.05) is 35.9 Å². The Balaban J connectivity index is 1.38. The summed E-state index contributed by atoms with van der Waals surface area (Å²) >= 11 is 11.8. The van der Waals surface area contributed by atoms with Gasteiger partial charge in [0, 0.05) is 48.9 Å². The van der Waals surface area contributed by atoms with E-state index in [0.29, 0.717) is 27.8 Å². The molecule has 1 fully saturated rings. The van der Waals surface area contributed by atoms with Crippen LogP contribution < -0.4 is 5.32 Å². The van der Waals surface area contributed by atoms with Gasteiger partial charge in [0.05, 0.1) is 23.6 Å². The van der Waals surface area contributed by atoms with Crippen LogP contribution in [-0.4, -0.2) is 50.9 Å². The van der Waals surface area contributed by atoms with Crippen molar-refractivity contribution in [3.8, 4) is 0 Å². The molecule has 0 aliphatic carbocycles. The van der Waals surface area contributed by atoms with E-state index < -0.39 is 0 Å². The number of hydrogen-bond acceptors (Lipinski definition) is 3. The van der Waals surface area contributed by atoms with Crippen LogP contribution in [0.4, 0.5) is 14.5 Å². The van der Waals surface area contributed by atoms with Crippen molar-refractivity contribution in [1.29, 1.82) is 0 Å². The normalized spacial score (nSPS) is 14.5. The highest BCUT2D eigenvalue weighted by Crippen LogP contribution is 2.25. The lowest BCUT2D eigenvalue weighted by atomic mass is 10.2. The number of thiocarbonyl (C=S) groups is 1. The average Bonchev–Trinajstić information content (AvgIpc) is 3.06. The van der Waals surface area contributed by atoms with Gasteiger partial charge in [0.25, 0.3) is 0 Å². The second-order valence-corrected chi connectivity index (χ2v) is 8.98. The molecule has 0 radical (unpaired) electrons. The van der Waals surface area contributed by atoms with E-state index in [1.54, 1.807) is 22.9 Å². The maximum atomic E-state index is 14.2. The number of nitrogens with one attached hydrogen (secondary N) is 1. The summed E-state index contributed by atoms with van der Waals surface area (Å²) in [4.78, 5) is 4.33. The van der Waals surface area contributed by atoms with Crippen molar-refractivity contribution >= 4 is 34.6 Å². The monoisotopic (exact) mass is 489 g/mol. The number of rotatable bonds is 5.